The summed E-state index contributed by atoms with van der Waals surface area (Å²) in [6.45, 7) is 5.52. The minimum Gasteiger partial charge on any atom is -0.452 e. The van der Waals surface area contributed by atoms with Crippen LogP contribution < -0.4 is 0 Å². The fraction of sp³-hybridized carbons (Fsp3) is 0.538. The van der Waals surface area contributed by atoms with Crippen LogP contribution in [0, 0.1) is 12.8 Å². The van der Waals surface area contributed by atoms with Crippen molar-refractivity contribution in [3.63, 3.8) is 0 Å². The number of hydrogen-bond donors (Lipinski definition) is 0. The van der Waals surface area contributed by atoms with Gasteiger partial charge in [-0.25, -0.2) is 0 Å². The van der Waals surface area contributed by atoms with Crippen LogP contribution in [-0.4, -0.2) is 11.0 Å². The maximum Gasteiger partial charge on any atom is 0.303 e. The number of carbonyl (C=O) groups is 1. The van der Waals surface area contributed by atoms with Crippen molar-refractivity contribution in [2.45, 2.75) is 39.2 Å². The monoisotopic (exact) mass is 219 g/mol. The van der Waals surface area contributed by atoms with Crippen molar-refractivity contribution in [3.8, 4) is 0 Å². The summed E-state index contributed by atoms with van der Waals surface area (Å²) in [5.41, 5.74) is 1.38. The van der Waals surface area contributed by atoms with Gasteiger partial charge in [-0.15, -0.1) is 0 Å². The van der Waals surface area contributed by atoms with Gasteiger partial charge in [-0.3, -0.25) is 9.78 Å². The number of ether oxygens (including phenoxy) is 1. The summed E-state index contributed by atoms with van der Waals surface area (Å²) in [4.78, 5) is 15.7. The number of rotatable bonds is 2. The van der Waals surface area contributed by atoms with E-state index in [1.807, 2.05) is 25.1 Å². The largest absolute Gasteiger partial charge is 0.452 e. The lowest BCUT2D eigenvalue weighted by molar-refractivity contribution is -0.182. The van der Waals surface area contributed by atoms with Crippen LogP contribution in [-0.2, 0) is 15.1 Å². The highest BCUT2D eigenvalue weighted by molar-refractivity contribution is 5.67. The molecule has 2 unspecified atom stereocenters. The molecule has 0 amide bonds. The highest BCUT2D eigenvalue weighted by Crippen LogP contribution is 2.48. The first-order valence-electron chi connectivity index (χ1n) is 5.68. The standard InChI is InChI=1S/C13H17NO2/c1-9-7-8-13(9,16-11(3)15)12-6-4-5-10(2)14-12/h4-6,9H,7-8H2,1-3H3. The number of pyridine rings is 1. The Bertz CT molecular complexity index is 416. The fourth-order valence-electron chi connectivity index (χ4n) is 2.31. The van der Waals surface area contributed by atoms with Gasteiger partial charge in [0.05, 0.1) is 5.69 Å². The van der Waals surface area contributed by atoms with Crippen LogP contribution in [0.25, 0.3) is 0 Å². The Morgan fingerprint density at radius 2 is 2.31 bits per heavy atom. The van der Waals surface area contributed by atoms with E-state index in [-0.39, 0.29) is 5.97 Å². The molecule has 2 atom stereocenters. The Hall–Kier alpha value is -1.38. The van der Waals surface area contributed by atoms with Gasteiger partial charge in [-0.05, 0) is 31.9 Å². The lowest BCUT2D eigenvalue weighted by Gasteiger charge is -2.46. The molecule has 1 aromatic heterocycles. The molecule has 1 heterocycles. The molecule has 2 rings (SSSR count). The first-order chi connectivity index (χ1) is 7.54. The van der Waals surface area contributed by atoms with Crippen LogP contribution in [0.3, 0.4) is 0 Å². The Morgan fingerprint density at radius 1 is 1.56 bits per heavy atom. The molecule has 16 heavy (non-hydrogen) atoms. The molecule has 1 aliphatic carbocycles. The number of aromatic nitrogens is 1. The van der Waals surface area contributed by atoms with E-state index in [1.54, 1.807) is 0 Å². The molecule has 3 heteroatoms. The molecular formula is C13H17NO2. The van der Waals surface area contributed by atoms with Crippen LogP contribution in [0.1, 0.15) is 38.1 Å². The normalized spacial score (nSPS) is 28.3. The van der Waals surface area contributed by atoms with Gasteiger partial charge >= 0.3 is 5.97 Å². The van der Waals surface area contributed by atoms with E-state index >= 15 is 0 Å². The topological polar surface area (TPSA) is 39.2 Å². The second-order valence-corrected chi connectivity index (χ2v) is 4.59. The lowest BCUT2D eigenvalue weighted by atomic mass is 9.68. The van der Waals surface area contributed by atoms with Crippen molar-refractivity contribution < 1.29 is 9.53 Å². The Labute approximate surface area is 95.8 Å². The van der Waals surface area contributed by atoms with Crippen molar-refractivity contribution in [2.75, 3.05) is 0 Å². The van der Waals surface area contributed by atoms with Crippen molar-refractivity contribution in [2.24, 2.45) is 5.92 Å². The van der Waals surface area contributed by atoms with Crippen LogP contribution in [0.15, 0.2) is 18.2 Å². The number of hydrogen-bond acceptors (Lipinski definition) is 3. The molecule has 3 nitrogen and oxygen atoms in total. The van der Waals surface area contributed by atoms with Gasteiger partial charge in [0.15, 0.2) is 5.60 Å². The molecule has 0 bridgehead atoms. The Balaban J connectivity index is 2.36. The van der Waals surface area contributed by atoms with E-state index in [1.165, 1.54) is 6.92 Å². The maximum absolute atomic E-state index is 11.2. The second kappa shape index (κ2) is 3.89. The third-order valence-electron chi connectivity index (χ3n) is 3.39. The fourth-order valence-corrected chi connectivity index (χ4v) is 2.31. The van der Waals surface area contributed by atoms with Gasteiger partial charge in [-0.1, -0.05) is 13.0 Å². The zero-order valence-corrected chi connectivity index (χ0v) is 9.99. The maximum atomic E-state index is 11.2. The predicted molar refractivity (Wildman–Crippen MR) is 60.8 cm³/mol. The molecule has 0 saturated heterocycles. The number of carbonyl (C=O) groups excluding carboxylic acids is 1. The molecule has 1 aliphatic rings. The minimum absolute atomic E-state index is 0.227. The van der Waals surface area contributed by atoms with E-state index in [0.29, 0.717) is 5.92 Å². The quantitative estimate of drug-likeness (QED) is 0.718. The molecule has 0 radical (unpaired) electrons. The third kappa shape index (κ3) is 1.70. The molecule has 0 spiro atoms. The molecular weight excluding hydrogens is 202 g/mol. The average molecular weight is 219 g/mol. The molecule has 1 saturated carbocycles. The van der Waals surface area contributed by atoms with Gasteiger partial charge < -0.3 is 4.74 Å². The van der Waals surface area contributed by atoms with Crippen LogP contribution in [0.4, 0.5) is 0 Å². The second-order valence-electron chi connectivity index (χ2n) is 4.59. The first kappa shape index (κ1) is 11.1. The SMILES string of the molecule is CC(=O)OC1(c2cccc(C)n2)CCC1C. The minimum atomic E-state index is -0.474. The summed E-state index contributed by atoms with van der Waals surface area (Å²) >= 11 is 0. The lowest BCUT2D eigenvalue weighted by Crippen LogP contribution is -2.47. The Kier molecular flexibility index (Phi) is 2.70. The average Bonchev–Trinajstić information content (AvgIpc) is 2.23. The zero-order valence-electron chi connectivity index (χ0n) is 9.99. The Morgan fingerprint density at radius 3 is 2.75 bits per heavy atom. The van der Waals surface area contributed by atoms with Crippen molar-refractivity contribution in [1.82, 2.24) is 4.98 Å². The van der Waals surface area contributed by atoms with Gasteiger partial charge in [0.25, 0.3) is 0 Å². The molecule has 0 aromatic carbocycles. The smallest absolute Gasteiger partial charge is 0.303 e. The predicted octanol–water partition coefficient (Wildman–Crippen LogP) is 2.58. The summed E-state index contributed by atoms with van der Waals surface area (Å²) in [6, 6.07) is 5.87. The number of aryl methyl sites for hydroxylation is 1. The summed E-state index contributed by atoms with van der Waals surface area (Å²) in [5, 5.41) is 0. The molecule has 1 aromatic rings. The van der Waals surface area contributed by atoms with E-state index in [4.69, 9.17) is 4.74 Å². The van der Waals surface area contributed by atoms with E-state index in [0.717, 1.165) is 24.2 Å². The van der Waals surface area contributed by atoms with Crippen LogP contribution >= 0.6 is 0 Å². The van der Waals surface area contributed by atoms with Crippen molar-refractivity contribution in [3.05, 3.63) is 29.6 Å². The number of nitrogens with zero attached hydrogens (tertiary/aromatic N) is 1. The summed E-state index contributed by atoms with van der Waals surface area (Å²) in [7, 11) is 0. The van der Waals surface area contributed by atoms with E-state index < -0.39 is 5.60 Å². The van der Waals surface area contributed by atoms with Gasteiger partial charge in [0, 0.05) is 18.5 Å². The molecule has 1 fully saturated rings. The van der Waals surface area contributed by atoms with Gasteiger partial charge in [-0.2, -0.15) is 0 Å². The summed E-state index contributed by atoms with van der Waals surface area (Å²) in [6.07, 6.45) is 1.97. The van der Waals surface area contributed by atoms with Crippen LogP contribution in [0.2, 0.25) is 0 Å². The zero-order chi connectivity index (χ0) is 11.8. The molecule has 0 aliphatic heterocycles. The highest BCUT2D eigenvalue weighted by atomic mass is 16.6. The van der Waals surface area contributed by atoms with Crippen molar-refractivity contribution in [1.29, 1.82) is 0 Å². The van der Waals surface area contributed by atoms with Gasteiger partial charge in [0.2, 0.25) is 0 Å². The summed E-state index contributed by atoms with van der Waals surface area (Å²) < 4.78 is 5.53. The molecule has 0 N–H and O–H groups in total. The third-order valence-corrected chi connectivity index (χ3v) is 3.39. The van der Waals surface area contributed by atoms with Gasteiger partial charge in [0.1, 0.15) is 0 Å². The first-order valence-corrected chi connectivity index (χ1v) is 5.68. The van der Waals surface area contributed by atoms with Crippen molar-refractivity contribution >= 4 is 5.97 Å². The van der Waals surface area contributed by atoms with Crippen LogP contribution in [0.5, 0.6) is 0 Å². The molecule has 86 valence electrons. The van der Waals surface area contributed by atoms with E-state index in [2.05, 4.69) is 11.9 Å². The summed E-state index contributed by atoms with van der Waals surface area (Å²) in [5.74, 6) is 0.126. The highest BCUT2D eigenvalue weighted by Gasteiger charge is 2.49. The number of esters is 1. The van der Waals surface area contributed by atoms with E-state index in [9.17, 15) is 4.79 Å².